The zero-order valence-electron chi connectivity index (χ0n) is 15.3. The summed E-state index contributed by atoms with van der Waals surface area (Å²) in [5.41, 5.74) is 0.690. The standard InChI is InChI=1S/C20H20Cl2N4O2/c1-25-20(12-26-14-23-13-24-26,15-2-4-16(21)5-3-15)10-19(28-25)11-27-18-8-6-17(22)7-9-18/h2-9,13-14,19H,10-12H2,1H3/t19-,20+/m0/s1. The van der Waals surface area contributed by atoms with E-state index in [-0.39, 0.29) is 6.10 Å². The van der Waals surface area contributed by atoms with E-state index in [1.807, 2.05) is 53.2 Å². The van der Waals surface area contributed by atoms with Crippen molar-refractivity contribution in [1.29, 1.82) is 0 Å². The van der Waals surface area contributed by atoms with Gasteiger partial charge < -0.3 is 4.74 Å². The highest BCUT2D eigenvalue weighted by Crippen LogP contribution is 2.41. The van der Waals surface area contributed by atoms with Gasteiger partial charge in [0.1, 0.15) is 31.1 Å². The molecule has 0 saturated carbocycles. The van der Waals surface area contributed by atoms with Crippen molar-refractivity contribution in [2.75, 3.05) is 13.7 Å². The number of ether oxygens (including phenoxy) is 1. The summed E-state index contributed by atoms with van der Waals surface area (Å²) in [5.74, 6) is 0.760. The Bertz CT molecular complexity index is 903. The first kappa shape index (κ1) is 19.2. The number of rotatable bonds is 6. The van der Waals surface area contributed by atoms with Crippen molar-refractivity contribution in [3.63, 3.8) is 0 Å². The predicted octanol–water partition coefficient (Wildman–Crippen LogP) is 4.20. The van der Waals surface area contributed by atoms with E-state index in [1.165, 1.54) is 6.33 Å². The van der Waals surface area contributed by atoms with Crippen LogP contribution < -0.4 is 4.74 Å². The van der Waals surface area contributed by atoms with Crippen LogP contribution in [0, 0.1) is 0 Å². The van der Waals surface area contributed by atoms with Crippen LogP contribution in [0.15, 0.2) is 61.2 Å². The maximum absolute atomic E-state index is 6.14. The SMILES string of the molecule is CN1O[C@H](COc2ccc(Cl)cc2)C[C@@]1(Cn1cncn1)c1ccc(Cl)cc1. The van der Waals surface area contributed by atoms with Crippen LogP contribution in [0.4, 0.5) is 0 Å². The molecule has 4 rings (SSSR count). The van der Waals surface area contributed by atoms with E-state index in [9.17, 15) is 0 Å². The Morgan fingerprint density at radius 2 is 1.79 bits per heavy atom. The molecule has 1 aliphatic rings. The molecule has 28 heavy (non-hydrogen) atoms. The Labute approximate surface area is 173 Å². The summed E-state index contributed by atoms with van der Waals surface area (Å²) in [6, 6.07) is 15.2. The Balaban J connectivity index is 1.55. The Morgan fingerprint density at radius 3 is 2.43 bits per heavy atom. The third kappa shape index (κ3) is 4.00. The molecule has 146 valence electrons. The third-order valence-corrected chi connectivity index (χ3v) is 5.50. The highest BCUT2D eigenvalue weighted by Gasteiger charge is 2.47. The van der Waals surface area contributed by atoms with Gasteiger partial charge in [-0.15, -0.1) is 0 Å². The zero-order valence-corrected chi connectivity index (χ0v) is 16.8. The van der Waals surface area contributed by atoms with Crippen LogP contribution in [0.2, 0.25) is 10.0 Å². The van der Waals surface area contributed by atoms with Gasteiger partial charge in [0, 0.05) is 23.5 Å². The largest absolute Gasteiger partial charge is 0.491 e. The first-order valence-electron chi connectivity index (χ1n) is 8.93. The van der Waals surface area contributed by atoms with Gasteiger partial charge in [-0.3, -0.25) is 9.52 Å². The van der Waals surface area contributed by atoms with Crippen LogP contribution in [-0.4, -0.2) is 39.6 Å². The number of hydrogen-bond acceptors (Lipinski definition) is 5. The molecule has 0 unspecified atom stereocenters. The summed E-state index contributed by atoms with van der Waals surface area (Å²) in [4.78, 5) is 10.2. The smallest absolute Gasteiger partial charge is 0.137 e. The van der Waals surface area contributed by atoms with E-state index in [0.717, 1.165) is 17.7 Å². The predicted molar refractivity (Wildman–Crippen MR) is 107 cm³/mol. The van der Waals surface area contributed by atoms with Crippen molar-refractivity contribution >= 4 is 23.2 Å². The van der Waals surface area contributed by atoms with E-state index >= 15 is 0 Å². The fraction of sp³-hybridized carbons (Fsp3) is 0.300. The van der Waals surface area contributed by atoms with Crippen molar-refractivity contribution in [3.8, 4) is 5.75 Å². The molecule has 1 aromatic heterocycles. The number of aromatic nitrogens is 3. The van der Waals surface area contributed by atoms with Gasteiger partial charge in [-0.1, -0.05) is 35.3 Å². The number of hydroxylamine groups is 2. The molecule has 0 bridgehead atoms. The number of hydrogen-bond donors (Lipinski definition) is 0. The summed E-state index contributed by atoms with van der Waals surface area (Å²) < 4.78 is 7.73. The lowest BCUT2D eigenvalue weighted by atomic mass is 9.85. The molecule has 0 spiro atoms. The molecule has 1 fully saturated rings. The molecule has 2 heterocycles. The normalized spacial score (nSPS) is 22.5. The van der Waals surface area contributed by atoms with Gasteiger partial charge in [-0.05, 0) is 42.0 Å². The van der Waals surface area contributed by atoms with E-state index in [2.05, 4.69) is 10.1 Å². The second-order valence-electron chi connectivity index (χ2n) is 6.83. The number of likely N-dealkylation sites (N-methyl/N-ethyl adjacent to an activating group) is 1. The lowest BCUT2D eigenvalue weighted by molar-refractivity contribution is -0.180. The molecule has 2 aromatic carbocycles. The molecule has 8 heteroatoms. The first-order chi connectivity index (χ1) is 13.5. The zero-order chi connectivity index (χ0) is 19.6. The molecule has 0 amide bonds. The average molecular weight is 419 g/mol. The van der Waals surface area contributed by atoms with Gasteiger partial charge in [0.15, 0.2) is 0 Å². The van der Waals surface area contributed by atoms with Crippen molar-refractivity contribution in [3.05, 3.63) is 76.8 Å². The quantitative estimate of drug-likeness (QED) is 0.600. The van der Waals surface area contributed by atoms with Crippen molar-refractivity contribution in [1.82, 2.24) is 19.8 Å². The molecule has 1 saturated heterocycles. The highest BCUT2D eigenvalue weighted by atomic mass is 35.5. The Hall–Kier alpha value is -2.12. The van der Waals surface area contributed by atoms with Crippen molar-refractivity contribution in [2.45, 2.75) is 24.6 Å². The van der Waals surface area contributed by atoms with Gasteiger partial charge in [0.25, 0.3) is 0 Å². The Morgan fingerprint density at radius 1 is 1.11 bits per heavy atom. The van der Waals surface area contributed by atoms with Crippen LogP contribution in [0.3, 0.4) is 0 Å². The average Bonchev–Trinajstić information content (AvgIpc) is 3.31. The number of halogens is 2. The van der Waals surface area contributed by atoms with Gasteiger partial charge in [-0.2, -0.15) is 10.2 Å². The molecule has 3 aromatic rings. The van der Waals surface area contributed by atoms with Gasteiger partial charge >= 0.3 is 0 Å². The van der Waals surface area contributed by atoms with Gasteiger partial charge in [-0.25, -0.2) is 4.98 Å². The monoisotopic (exact) mass is 418 g/mol. The van der Waals surface area contributed by atoms with Crippen LogP contribution in [0.1, 0.15) is 12.0 Å². The van der Waals surface area contributed by atoms with Crippen molar-refractivity contribution in [2.24, 2.45) is 0 Å². The minimum absolute atomic E-state index is 0.111. The molecular formula is C20H20Cl2N4O2. The van der Waals surface area contributed by atoms with Crippen LogP contribution in [-0.2, 0) is 16.9 Å². The lowest BCUT2D eigenvalue weighted by Crippen LogP contribution is -2.42. The Kier molecular flexibility index (Phi) is 5.55. The third-order valence-electron chi connectivity index (χ3n) is 5.00. The highest BCUT2D eigenvalue weighted by molar-refractivity contribution is 6.30. The van der Waals surface area contributed by atoms with E-state index in [0.29, 0.717) is 23.2 Å². The molecule has 0 aliphatic carbocycles. The molecular weight excluding hydrogens is 399 g/mol. The maximum atomic E-state index is 6.14. The van der Waals surface area contributed by atoms with Gasteiger partial charge in [0.05, 0.1) is 12.1 Å². The fourth-order valence-corrected chi connectivity index (χ4v) is 3.83. The summed E-state index contributed by atoms with van der Waals surface area (Å²) in [6.07, 6.45) is 3.87. The summed E-state index contributed by atoms with van der Waals surface area (Å²) in [5, 5.41) is 7.56. The number of nitrogens with zero attached hydrogens (tertiary/aromatic N) is 4. The summed E-state index contributed by atoms with van der Waals surface area (Å²) in [6.45, 7) is 1.03. The summed E-state index contributed by atoms with van der Waals surface area (Å²) >= 11 is 12.0. The fourth-order valence-electron chi connectivity index (χ4n) is 3.57. The summed E-state index contributed by atoms with van der Waals surface area (Å²) in [7, 11) is 1.94. The first-order valence-corrected chi connectivity index (χ1v) is 9.68. The van der Waals surface area contributed by atoms with E-state index in [1.54, 1.807) is 18.5 Å². The second-order valence-corrected chi connectivity index (χ2v) is 7.70. The van der Waals surface area contributed by atoms with Gasteiger partial charge in [0.2, 0.25) is 0 Å². The van der Waals surface area contributed by atoms with E-state index < -0.39 is 5.54 Å². The molecule has 0 radical (unpaired) electrons. The maximum Gasteiger partial charge on any atom is 0.137 e. The molecule has 6 nitrogen and oxygen atoms in total. The molecule has 2 atom stereocenters. The van der Waals surface area contributed by atoms with Crippen LogP contribution in [0.5, 0.6) is 5.75 Å². The second kappa shape index (κ2) is 8.09. The molecule has 1 aliphatic heterocycles. The topological polar surface area (TPSA) is 52.4 Å². The lowest BCUT2D eigenvalue weighted by Gasteiger charge is -2.34. The number of benzene rings is 2. The molecule has 0 N–H and O–H groups in total. The minimum Gasteiger partial charge on any atom is -0.491 e. The van der Waals surface area contributed by atoms with Crippen LogP contribution in [0.25, 0.3) is 0 Å². The van der Waals surface area contributed by atoms with Crippen molar-refractivity contribution < 1.29 is 9.57 Å². The minimum atomic E-state index is -0.410. The van der Waals surface area contributed by atoms with E-state index in [4.69, 9.17) is 32.8 Å². The van der Waals surface area contributed by atoms with Crippen LogP contribution >= 0.6 is 23.2 Å².